The summed E-state index contributed by atoms with van der Waals surface area (Å²) in [5.41, 5.74) is 2.38. The number of hydrogen-bond acceptors (Lipinski definition) is 5. The number of hydrogen-bond donors (Lipinski definition) is 0. The van der Waals surface area contributed by atoms with Crippen LogP contribution in [0.3, 0.4) is 0 Å². The van der Waals surface area contributed by atoms with Crippen molar-refractivity contribution in [2.45, 2.75) is 26.3 Å². The van der Waals surface area contributed by atoms with Gasteiger partial charge in [0.15, 0.2) is 11.8 Å². The molecule has 5 nitrogen and oxygen atoms in total. The molecule has 138 valence electrons. The normalized spacial score (nSPS) is 17.7. The van der Waals surface area contributed by atoms with E-state index in [0.717, 1.165) is 23.4 Å². The summed E-state index contributed by atoms with van der Waals surface area (Å²) in [6.07, 6.45) is 0.848. The van der Waals surface area contributed by atoms with Gasteiger partial charge in [-0.2, -0.15) is 5.26 Å². The molecule has 1 amide bonds. The number of amides is 1. The minimum absolute atomic E-state index is 0.0980. The predicted molar refractivity (Wildman–Crippen MR) is 108 cm³/mol. The van der Waals surface area contributed by atoms with E-state index in [2.05, 4.69) is 18.0 Å². The number of aliphatic imine (C=N–C) groups is 1. The molecule has 0 radical (unpaired) electrons. The molecule has 1 atom stereocenters. The van der Waals surface area contributed by atoms with Gasteiger partial charge in [0.05, 0.1) is 11.3 Å². The summed E-state index contributed by atoms with van der Waals surface area (Å²) in [4.78, 5) is 19.3. The Kier molecular flexibility index (Phi) is 6.15. The summed E-state index contributed by atoms with van der Waals surface area (Å²) in [5, 5.41) is 9.86. The van der Waals surface area contributed by atoms with E-state index in [1.54, 1.807) is 40.9 Å². The summed E-state index contributed by atoms with van der Waals surface area (Å²) < 4.78 is 5.63. The average molecular weight is 379 g/mol. The van der Waals surface area contributed by atoms with Gasteiger partial charge in [0.2, 0.25) is 0 Å². The first-order chi connectivity index (χ1) is 13.1. The molecule has 27 heavy (non-hydrogen) atoms. The number of ether oxygens (including phenoxy) is 1. The van der Waals surface area contributed by atoms with Crippen LogP contribution in [-0.4, -0.2) is 34.4 Å². The van der Waals surface area contributed by atoms with Gasteiger partial charge in [0.25, 0.3) is 5.91 Å². The van der Waals surface area contributed by atoms with Gasteiger partial charge in [-0.05, 0) is 43.2 Å². The van der Waals surface area contributed by atoms with Gasteiger partial charge in [0, 0.05) is 11.8 Å². The van der Waals surface area contributed by atoms with Crippen LogP contribution in [0.2, 0.25) is 0 Å². The number of thioether (sulfide) groups is 1. The number of nitriles is 1. The summed E-state index contributed by atoms with van der Waals surface area (Å²) in [7, 11) is 0. The third-order valence-corrected chi connectivity index (χ3v) is 5.40. The second-order valence-electron chi connectivity index (χ2n) is 6.27. The molecule has 0 spiro atoms. The molecule has 0 aromatic heterocycles. The number of carbonyl (C=O) groups excluding carboxylic acids is 1. The Morgan fingerprint density at radius 3 is 2.89 bits per heavy atom. The Balaban J connectivity index is 1.78. The molecule has 1 fully saturated rings. The summed E-state index contributed by atoms with van der Waals surface area (Å²) >= 11 is 1.59. The van der Waals surface area contributed by atoms with Gasteiger partial charge >= 0.3 is 0 Å². The van der Waals surface area contributed by atoms with Crippen molar-refractivity contribution in [1.82, 2.24) is 4.90 Å². The zero-order valence-corrected chi connectivity index (χ0v) is 16.2. The maximum atomic E-state index is 12.9. The highest BCUT2D eigenvalue weighted by Crippen LogP contribution is 2.29. The Morgan fingerprint density at radius 2 is 2.15 bits per heavy atom. The molecule has 6 heteroatoms. The molecule has 1 aliphatic heterocycles. The van der Waals surface area contributed by atoms with Crippen LogP contribution in [0.4, 0.5) is 5.69 Å². The molecule has 0 bridgehead atoms. The van der Waals surface area contributed by atoms with Crippen molar-refractivity contribution in [2.24, 2.45) is 4.99 Å². The van der Waals surface area contributed by atoms with E-state index in [4.69, 9.17) is 10.00 Å². The van der Waals surface area contributed by atoms with Crippen molar-refractivity contribution in [1.29, 1.82) is 5.26 Å². The second-order valence-corrected chi connectivity index (χ2v) is 7.25. The van der Waals surface area contributed by atoms with E-state index in [-0.39, 0.29) is 18.6 Å². The number of amidine groups is 1. The molecule has 1 aliphatic rings. The van der Waals surface area contributed by atoms with Crippen LogP contribution in [0.15, 0.2) is 53.5 Å². The molecular formula is C21H21N3O2S. The van der Waals surface area contributed by atoms with Crippen molar-refractivity contribution in [3.8, 4) is 11.8 Å². The third kappa shape index (κ3) is 4.50. The number of nitrogens with zero attached hydrogens (tertiary/aromatic N) is 3. The van der Waals surface area contributed by atoms with Crippen molar-refractivity contribution < 1.29 is 9.53 Å². The monoisotopic (exact) mass is 379 g/mol. The van der Waals surface area contributed by atoms with Crippen LogP contribution in [0.1, 0.15) is 24.5 Å². The minimum atomic E-state index is -0.147. The van der Waals surface area contributed by atoms with Crippen molar-refractivity contribution >= 4 is 28.5 Å². The van der Waals surface area contributed by atoms with E-state index in [1.165, 1.54) is 0 Å². The summed E-state index contributed by atoms with van der Waals surface area (Å²) in [5.74, 6) is 1.10. The Hall–Kier alpha value is -2.78. The van der Waals surface area contributed by atoms with Gasteiger partial charge in [-0.1, -0.05) is 43.0 Å². The molecule has 3 rings (SSSR count). The predicted octanol–water partition coefficient (Wildman–Crippen LogP) is 4.29. The Morgan fingerprint density at radius 1 is 1.33 bits per heavy atom. The lowest BCUT2D eigenvalue weighted by Crippen LogP contribution is -2.41. The molecular weight excluding hydrogens is 358 g/mol. The van der Waals surface area contributed by atoms with Crippen LogP contribution >= 0.6 is 11.8 Å². The van der Waals surface area contributed by atoms with Gasteiger partial charge in [-0.3, -0.25) is 9.69 Å². The molecule has 0 saturated carbocycles. The highest BCUT2D eigenvalue weighted by atomic mass is 32.2. The van der Waals surface area contributed by atoms with Crippen molar-refractivity contribution in [3.63, 3.8) is 0 Å². The third-order valence-electron chi connectivity index (χ3n) is 4.30. The number of aryl methyl sites for hydroxylation is 1. The second kappa shape index (κ2) is 8.74. The molecule has 0 aliphatic carbocycles. The SMILES string of the molecule is CC[C@H]1CSC(=Nc2cccc(C)c2)N1C(=O)COc1ccccc1C#N. The zero-order valence-electron chi connectivity index (χ0n) is 15.4. The first-order valence-corrected chi connectivity index (χ1v) is 9.83. The molecule has 0 unspecified atom stereocenters. The molecule has 2 aromatic rings. The van der Waals surface area contributed by atoms with E-state index in [1.807, 2.05) is 31.2 Å². The lowest BCUT2D eigenvalue weighted by atomic mass is 10.2. The van der Waals surface area contributed by atoms with Crippen molar-refractivity contribution in [2.75, 3.05) is 12.4 Å². The van der Waals surface area contributed by atoms with Crippen LogP contribution in [0.5, 0.6) is 5.75 Å². The maximum Gasteiger partial charge on any atom is 0.266 e. The maximum absolute atomic E-state index is 12.9. The molecule has 0 N–H and O–H groups in total. The number of benzene rings is 2. The van der Waals surface area contributed by atoms with Crippen LogP contribution < -0.4 is 4.74 Å². The molecule has 1 saturated heterocycles. The fourth-order valence-corrected chi connectivity index (χ4v) is 4.16. The van der Waals surface area contributed by atoms with Crippen LogP contribution in [-0.2, 0) is 4.79 Å². The smallest absolute Gasteiger partial charge is 0.266 e. The number of para-hydroxylation sites is 1. The molecule has 1 heterocycles. The van der Waals surface area contributed by atoms with E-state index < -0.39 is 0 Å². The average Bonchev–Trinajstić information content (AvgIpc) is 3.09. The zero-order chi connectivity index (χ0) is 19.2. The molecule has 2 aromatic carbocycles. The number of carbonyl (C=O) groups is 1. The van der Waals surface area contributed by atoms with E-state index >= 15 is 0 Å². The highest BCUT2D eigenvalue weighted by Gasteiger charge is 2.34. The minimum Gasteiger partial charge on any atom is -0.482 e. The number of rotatable bonds is 5. The lowest BCUT2D eigenvalue weighted by Gasteiger charge is -2.23. The first kappa shape index (κ1) is 19.0. The van der Waals surface area contributed by atoms with Crippen LogP contribution in [0, 0.1) is 18.3 Å². The highest BCUT2D eigenvalue weighted by molar-refractivity contribution is 8.14. The summed E-state index contributed by atoms with van der Waals surface area (Å²) in [6.45, 7) is 3.96. The fourth-order valence-electron chi connectivity index (χ4n) is 2.87. The van der Waals surface area contributed by atoms with Crippen molar-refractivity contribution in [3.05, 3.63) is 59.7 Å². The largest absolute Gasteiger partial charge is 0.482 e. The van der Waals surface area contributed by atoms with Crippen LogP contribution in [0.25, 0.3) is 0 Å². The standard InChI is InChI=1S/C21H21N3O2S/c1-3-18-14-27-21(23-17-9-6-7-15(2)11-17)24(18)20(25)13-26-19-10-5-4-8-16(19)12-22/h4-11,18H,3,13-14H2,1-2H3/t18-/m0/s1. The van der Waals surface area contributed by atoms with E-state index in [9.17, 15) is 4.79 Å². The first-order valence-electron chi connectivity index (χ1n) is 8.84. The van der Waals surface area contributed by atoms with Gasteiger partial charge in [-0.15, -0.1) is 0 Å². The van der Waals surface area contributed by atoms with Gasteiger partial charge in [0.1, 0.15) is 11.8 Å². The van der Waals surface area contributed by atoms with E-state index in [0.29, 0.717) is 16.5 Å². The van der Waals surface area contributed by atoms with Gasteiger partial charge in [-0.25, -0.2) is 4.99 Å². The summed E-state index contributed by atoms with van der Waals surface area (Å²) in [6, 6.07) is 17.0. The fraction of sp³-hybridized carbons (Fsp3) is 0.286. The quantitative estimate of drug-likeness (QED) is 0.777. The van der Waals surface area contributed by atoms with Gasteiger partial charge < -0.3 is 4.74 Å². The Labute approximate surface area is 163 Å². The topological polar surface area (TPSA) is 65.7 Å². The lowest BCUT2D eigenvalue weighted by molar-refractivity contribution is -0.130. The Bertz CT molecular complexity index is 904.